The first kappa shape index (κ1) is 23.6. The molecular formula is C20H26ClFN2O2. The number of carbonyl (C=O) groups is 1. The molecule has 0 aliphatic carbocycles. The zero-order valence-corrected chi connectivity index (χ0v) is 14.8. The highest BCUT2D eigenvalue weighted by molar-refractivity contribution is 5.94. The molecule has 3 N–H and O–H groups in total. The molecule has 1 amide bonds. The molecule has 142 valence electrons. The van der Waals surface area contributed by atoms with Crippen molar-refractivity contribution in [3.8, 4) is 5.75 Å². The highest BCUT2D eigenvalue weighted by atomic mass is 35.5. The van der Waals surface area contributed by atoms with Crippen LogP contribution < -0.4 is 15.8 Å². The van der Waals surface area contributed by atoms with E-state index in [-0.39, 0.29) is 44.9 Å². The van der Waals surface area contributed by atoms with Crippen LogP contribution in [0.25, 0.3) is 0 Å². The van der Waals surface area contributed by atoms with Crippen molar-refractivity contribution in [2.24, 2.45) is 5.73 Å². The third kappa shape index (κ3) is 7.25. The average molecular weight is 381 g/mol. The van der Waals surface area contributed by atoms with Gasteiger partial charge in [-0.3, -0.25) is 4.79 Å². The highest BCUT2D eigenvalue weighted by Gasteiger charge is 2.11. The molecule has 26 heavy (non-hydrogen) atoms. The Hall–Kier alpha value is -2.37. The summed E-state index contributed by atoms with van der Waals surface area (Å²) < 4.78 is 18.5. The third-order valence-corrected chi connectivity index (χ3v) is 3.48. The van der Waals surface area contributed by atoms with Crippen LogP contribution in [0.3, 0.4) is 0 Å². The lowest BCUT2D eigenvalue weighted by atomic mass is 10.1. The molecule has 0 aromatic heterocycles. The fourth-order valence-corrected chi connectivity index (χ4v) is 2.15. The Morgan fingerprint density at radius 3 is 2.38 bits per heavy atom. The number of benzene rings is 2. The first-order valence-electron chi connectivity index (χ1n) is 7.73. The van der Waals surface area contributed by atoms with Gasteiger partial charge >= 0.3 is 0 Å². The van der Waals surface area contributed by atoms with Crippen LogP contribution in [-0.2, 0) is 0 Å². The standard InChI is InChI=1S/C19H21FN2O2.CH4.ClH/c1-14(15-5-3-2-4-6-15)22-19(23)16-7-9-18(10-8-16)24-13-17(20)11-12-21;;/h2-11,14H,12-13,21H2,1H3,(H,22,23);1H4;1H/b17-11+;;. The van der Waals surface area contributed by atoms with Gasteiger partial charge in [0.15, 0.2) is 0 Å². The van der Waals surface area contributed by atoms with Gasteiger partial charge < -0.3 is 15.8 Å². The molecule has 0 fully saturated rings. The molecule has 4 nitrogen and oxygen atoms in total. The van der Waals surface area contributed by atoms with Gasteiger partial charge in [0.05, 0.1) is 6.04 Å². The second-order valence-electron chi connectivity index (χ2n) is 5.31. The summed E-state index contributed by atoms with van der Waals surface area (Å²) in [6.45, 7) is 1.89. The number of hydrogen-bond donors (Lipinski definition) is 2. The van der Waals surface area contributed by atoms with Gasteiger partial charge in [-0.2, -0.15) is 0 Å². The number of ether oxygens (including phenoxy) is 1. The first-order chi connectivity index (χ1) is 11.6. The van der Waals surface area contributed by atoms with Gasteiger partial charge in [-0.15, -0.1) is 12.4 Å². The minimum absolute atomic E-state index is 0. The predicted molar refractivity (Wildman–Crippen MR) is 106 cm³/mol. The SMILES string of the molecule is C.CC(NC(=O)c1ccc(OC/C(F)=C\CN)cc1)c1ccccc1.Cl. The molecule has 1 unspecified atom stereocenters. The number of rotatable bonds is 7. The number of halogens is 2. The molecule has 0 heterocycles. The van der Waals surface area contributed by atoms with Crippen molar-refractivity contribution >= 4 is 18.3 Å². The Kier molecular flexibility index (Phi) is 11.0. The lowest BCUT2D eigenvalue weighted by Gasteiger charge is -2.14. The molecule has 1 atom stereocenters. The van der Waals surface area contributed by atoms with E-state index in [0.717, 1.165) is 5.56 Å². The second kappa shape index (κ2) is 12.1. The lowest BCUT2D eigenvalue weighted by Crippen LogP contribution is -2.26. The molecule has 2 rings (SSSR count). The summed E-state index contributed by atoms with van der Waals surface area (Å²) in [5.74, 6) is -0.105. The first-order valence-corrected chi connectivity index (χ1v) is 7.73. The Balaban J connectivity index is 0.00000312. The summed E-state index contributed by atoms with van der Waals surface area (Å²) in [4.78, 5) is 12.3. The Bertz CT molecular complexity index is 691. The number of hydrogen-bond acceptors (Lipinski definition) is 3. The molecule has 0 aliphatic rings. The van der Waals surface area contributed by atoms with Crippen molar-refractivity contribution in [3.63, 3.8) is 0 Å². The van der Waals surface area contributed by atoms with Gasteiger partial charge in [-0.1, -0.05) is 37.8 Å². The maximum Gasteiger partial charge on any atom is 0.251 e. The van der Waals surface area contributed by atoms with Crippen LogP contribution in [-0.4, -0.2) is 19.1 Å². The van der Waals surface area contributed by atoms with Gasteiger partial charge in [0, 0.05) is 12.1 Å². The summed E-state index contributed by atoms with van der Waals surface area (Å²) in [6, 6.07) is 16.2. The lowest BCUT2D eigenvalue weighted by molar-refractivity contribution is 0.0940. The van der Waals surface area contributed by atoms with Crippen molar-refractivity contribution < 1.29 is 13.9 Å². The van der Waals surface area contributed by atoms with E-state index in [4.69, 9.17) is 10.5 Å². The van der Waals surface area contributed by atoms with E-state index >= 15 is 0 Å². The number of nitrogens with one attached hydrogen (secondary N) is 1. The largest absolute Gasteiger partial charge is 0.487 e. The van der Waals surface area contributed by atoms with Crippen molar-refractivity contribution in [2.45, 2.75) is 20.4 Å². The monoisotopic (exact) mass is 380 g/mol. The minimum Gasteiger partial charge on any atom is -0.487 e. The maximum absolute atomic E-state index is 13.2. The van der Waals surface area contributed by atoms with E-state index in [9.17, 15) is 9.18 Å². The molecular weight excluding hydrogens is 355 g/mol. The van der Waals surface area contributed by atoms with E-state index in [1.165, 1.54) is 6.08 Å². The number of nitrogens with two attached hydrogens (primary N) is 1. The second-order valence-corrected chi connectivity index (χ2v) is 5.31. The van der Waals surface area contributed by atoms with Gasteiger partial charge in [0.25, 0.3) is 5.91 Å². The predicted octanol–water partition coefficient (Wildman–Crippen LogP) is 4.43. The van der Waals surface area contributed by atoms with Crippen LogP contribution in [0.4, 0.5) is 4.39 Å². The van der Waals surface area contributed by atoms with Gasteiger partial charge in [-0.05, 0) is 42.8 Å². The van der Waals surface area contributed by atoms with E-state index in [0.29, 0.717) is 11.3 Å². The normalized spacial score (nSPS) is 11.6. The number of carbonyl (C=O) groups excluding carboxylic acids is 1. The third-order valence-electron chi connectivity index (χ3n) is 3.48. The number of amides is 1. The molecule has 0 saturated heterocycles. The highest BCUT2D eigenvalue weighted by Crippen LogP contribution is 2.16. The van der Waals surface area contributed by atoms with E-state index < -0.39 is 5.83 Å². The molecule has 0 bridgehead atoms. The van der Waals surface area contributed by atoms with Crippen molar-refractivity contribution in [3.05, 3.63) is 77.6 Å². The van der Waals surface area contributed by atoms with E-state index in [1.54, 1.807) is 24.3 Å². The maximum atomic E-state index is 13.2. The average Bonchev–Trinajstić information content (AvgIpc) is 2.61. The zero-order valence-electron chi connectivity index (χ0n) is 13.9. The van der Waals surface area contributed by atoms with Crippen LogP contribution in [0.5, 0.6) is 5.75 Å². The molecule has 0 saturated carbocycles. The summed E-state index contributed by atoms with van der Waals surface area (Å²) in [6.07, 6.45) is 1.26. The molecule has 2 aromatic carbocycles. The fourth-order valence-electron chi connectivity index (χ4n) is 2.15. The fraction of sp³-hybridized carbons (Fsp3) is 0.250. The van der Waals surface area contributed by atoms with E-state index in [1.807, 2.05) is 37.3 Å². The van der Waals surface area contributed by atoms with E-state index in [2.05, 4.69) is 5.32 Å². The summed E-state index contributed by atoms with van der Waals surface area (Å²) >= 11 is 0. The van der Waals surface area contributed by atoms with Crippen LogP contribution in [0.1, 0.15) is 36.3 Å². The van der Waals surface area contributed by atoms with Crippen molar-refractivity contribution in [2.75, 3.05) is 13.2 Å². The van der Waals surface area contributed by atoms with Crippen LogP contribution in [0.15, 0.2) is 66.5 Å². The molecule has 0 aliphatic heterocycles. The van der Waals surface area contributed by atoms with Gasteiger partial charge in [0.2, 0.25) is 0 Å². The van der Waals surface area contributed by atoms with Crippen LogP contribution >= 0.6 is 12.4 Å². The molecule has 0 radical (unpaired) electrons. The summed E-state index contributed by atoms with van der Waals surface area (Å²) in [7, 11) is 0. The van der Waals surface area contributed by atoms with Crippen molar-refractivity contribution in [1.82, 2.24) is 5.32 Å². The summed E-state index contributed by atoms with van der Waals surface area (Å²) in [5, 5.41) is 2.94. The Morgan fingerprint density at radius 2 is 1.81 bits per heavy atom. The smallest absolute Gasteiger partial charge is 0.251 e. The zero-order chi connectivity index (χ0) is 17.4. The summed E-state index contributed by atoms with van der Waals surface area (Å²) in [5.41, 5.74) is 6.77. The van der Waals surface area contributed by atoms with Crippen molar-refractivity contribution in [1.29, 1.82) is 0 Å². The minimum atomic E-state index is -0.420. The van der Waals surface area contributed by atoms with Gasteiger partial charge in [0.1, 0.15) is 18.2 Å². The molecule has 6 heteroatoms. The van der Waals surface area contributed by atoms with Crippen LogP contribution in [0.2, 0.25) is 0 Å². The molecule has 2 aromatic rings. The van der Waals surface area contributed by atoms with Crippen LogP contribution in [0, 0.1) is 0 Å². The topological polar surface area (TPSA) is 64.3 Å². The Labute approximate surface area is 160 Å². The Morgan fingerprint density at radius 1 is 1.19 bits per heavy atom. The molecule has 0 spiro atoms. The van der Waals surface area contributed by atoms with Gasteiger partial charge in [-0.25, -0.2) is 4.39 Å². The quantitative estimate of drug-likeness (QED) is 0.747.